The van der Waals surface area contributed by atoms with Crippen LogP contribution in [-0.4, -0.2) is 121 Å². The first-order valence-electron chi connectivity index (χ1n) is 25.1. The van der Waals surface area contributed by atoms with Crippen molar-refractivity contribution < 1.29 is 42.2 Å². The summed E-state index contributed by atoms with van der Waals surface area (Å²) in [6, 6.07) is 12.9. The maximum Gasteiger partial charge on any atom is 0.340 e. The molecule has 0 spiro atoms. The molecule has 0 bridgehead atoms. The van der Waals surface area contributed by atoms with Gasteiger partial charge in [-0.2, -0.15) is 35.0 Å². The number of alkyl halides is 1. The lowest BCUT2D eigenvalue weighted by Gasteiger charge is -2.18. The summed E-state index contributed by atoms with van der Waals surface area (Å²) in [5, 5.41) is 16.8. The molecule has 92 heavy (non-hydrogen) atoms. The van der Waals surface area contributed by atoms with Crippen LogP contribution in [0.5, 0.6) is 0 Å². The van der Waals surface area contributed by atoms with Crippen LogP contribution in [-0.2, 0) is 27.9 Å². The lowest BCUT2D eigenvalue weighted by molar-refractivity contribution is 0.0586. The van der Waals surface area contributed by atoms with Crippen LogP contribution in [0.1, 0.15) is 102 Å². The smallest absolute Gasteiger partial charge is 0.340 e. The molecule has 0 atom stereocenters. The van der Waals surface area contributed by atoms with Gasteiger partial charge in [-0.1, -0.05) is 41.6 Å². The maximum absolute atomic E-state index is 14.2. The van der Waals surface area contributed by atoms with E-state index in [9.17, 15) is 27.6 Å². The van der Waals surface area contributed by atoms with E-state index in [2.05, 4.69) is 106 Å². The normalized spacial score (nSPS) is 10.1. The fourth-order valence-electron chi connectivity index (χ4n) is 6.51. The van der Waals surface area contributed by atoms with Gasteiger partial charge in [-0.05, 0) is 132 Å². The zero-order chi connectivity index (χ0) is 65.6. The molecule has 11 rings (SSSR count). The van der Waals surface area contributed by atoms with Gasteiger partial charge in [-0.3, -0.25) is 19.8 Å². The Morgan fingerprint density at radius 1 is 0.511 bits per heavy atom. The summed E-state index contributed by atoms with van der Waals surface area (Å²) in [5.74, 6) is 1.43. The third-order valence-electron chi connectivity index (χ3n) is 10.4. The number of nitrogen functional groups attached to an aromatic ring is 1. The van der Waals surface area contributed by atoms with E-state index in [1.165, 1.54) is 148 Å². The van der Waals surface area contributed by atoms with Crippen LogP contribution < -0.4 is 26.3 Å². The summed E-state index contributed by atoms with van der Waals surface area (Å²) >= 11 is 18.5. The van der Waals surface area contributed by atoms with Crippen LogP contribution in [0.15, 0.2) is 54.6 Å². The van der Waals surface area contributed by atoms with Gasteiger partial charge in [0.15, 0.2) is 5.13 Å². The van der Waals surface area contributed by atoms with E-state index in [1.54, 1.807) is 50.8 Å². The number of methoxy groups -OCH3 is 2. The van der Waals surface area contributed by atoms with Gasteiger partial charge in [0.25, 0.3) is 5.91 Å². The molecule has 8 aromatic heterocycles. The second-order valence-electron chi connectivity index (χ2n) is 17.4. The van der Waals surface area contributed by atoms with Crippen LogP contribution in [0.3, 0.4) is 0 Å². The van der Waals surface area contributed by atoms with Crippen molar-refractivity contribution >= 4 is 182 Å². The van der Waals surface area contributed by atoms with Crippen LogP contribution in [0, 0.1) is 72.8 Å². The number of esters is 2. The Hall–Kier alpha value is -7.67. The van der Waals surface area contributed by atoms with E-state index in [0.717, 1.165) is 39.1 Å². The van der Waals surface area contributed by atoms with Crippen molar-refractivity contribution in [2.75, 3.05) is 35.1 Å². The Morgan fingerprint density at radius 3 is 1.09 bits per heavy atom. The van der Waals surface area contributed by atoms with Crippen molar-refractivity contribution in [3.8, 4) is 0 Å². The number of aromatic nitrogens is 16. The minimum Gasteiger partial charge on any atom is -0.465 e. The second-order valence-corrected chi connectivity index (χ2v) is 24.5. The number of nitrogens with one attached hydrogen (secondary N) is 2. The number of rotatable bonds is 14. The summed E-state index contributed by atoms with van der Waals surface area (Å²) in [6.07, 6.45) is 0. The monoisotopic (exact) mass is 1490 g/mol. The van der Waals surface area contributed by atoms with Crippen LogP contribution >= 0.6 is 120 Å². The average Bonchev–Trinajstić information content (AvgIpc) is 1.59. The summed E-state index contributed by atoms with van der Waals surface area (Å²) in [7, 11) is 2.44. The number of aryl methyl sites for hydroxylation is 8. The van der Waals surface area contributed by atoms with Crippen molar-refractivity contribution in [2.45, 2.75) is 81.2 Å². The van der Waals surface area contributed by atoms with Crippen LogP contribution in [0.25, 0.3) is 0 Å². The number of hydrogen-bond donors (Lipinski definition) is 4. The predicted molar refractivity (Wildman–Crippen MR) is 358 cm³/mol. The lowest BCUT2D eigenvalue weighted by atomic mass is 10.1. The fourth-order valence-corrected chi connectivity index (χ4v) is 12.0. The quantitative estimate of drug-likeness (QED) is 0.0258. The highest BCUT2D eigenvalue weighted by Crippen LogP contribution is 2.32. The minimum absolute atomic E-state index is 0. The molecular weight excluding hydrogens is 1440 g/mol. The summed E-state index contributed by atoms with van der Waals surface area (Å²) in [4.78, 5) is 70.8. The number of nitrogens with two attached hydrogens (primary N) is 1. The molecule has 0 aliphatic heterocycles. The van der Waals surface area contributed by atoms with Gasteiger partial charge in [0.05, 0.1) is 44.0 Å². The van der Waals surface area contributed by atoms with E-state index in [-0.39, 0.29) is 39.1 Å². The number of amides is 1. The van der Waals surface area contributed by atoms with Gasteiger partial charge < -0.3 is 20.5 Å². The molecule has 0 fully saturated rings. The number of anilines is 7. The molecule has 0 unspecified atom stereocenters. The molecule has 1 amide bonds. The fraction of sp³-hybridized carbons (Fsp3) is 0.275. The van der Waals surface area contributed by atoms with Crippen molar-refractivity contribution in [1.82, 2.24) is 80.3 Å². The largest absolute Gasteiger partial charge is 0.465 e. The number of hydroxylamine groups is 1. The first kappa shape index (κ1) is 76.8. The van der Waals surface area contributed by atoms with E-state index in [4.69, 9.17) is 22.5 Å². The van der Waals surface area contributed by atoms with E-state index in [1.807, 2.05) is 32.6 Å². The molecule has 0 saturated heterocycles. The molecule has 8 heterocycles. The van der Waals surface area contributed by atoms with Gasteiger partial charge in [-0.25, -0.2) is 68.1 Å². The highest BCUT2D eigenvalue weighted by molar-refractivity contribution is 9.08. The molecule has 0 saturated carbocycles. The number of hydrogen-bond acceptors (Lipinski definition) is 34. The van der Waals surface area contributed by atoms with Crippen LogP contribution in [0.4, 0.5) is 49.1 Å². The third-order valence-corrected chi connectivity index (χ3v) is 17.3. The topological polar surface area (TPSA) is 353 Å². The summed E-state index contributed by atoms with van der Waals surface area (Å²) < 4.78 is 83.4. The van der Waals surface area contributed by atoms with Crippen molar-refractivity contribution in [3.63, 3.8) is 0 Å². The average molecular weight is 1500 g/mol. The third kappa shape index (κ3) is 23.8. The zero-order valence-electron chi connectivity index (χ0n) is 49.2. The maximum atomic E-state index is 14.2. The zero-order valence-corrected chi connectivity index (χ0v) is 58.0. The van der Waals surface area contributed by atoms with Gasteiger partial charge in [0, 0.05) is 94.5 Å². The number of ether oxygens (including phenoxy) is 2. The Morgan fingerprint density at radius 2 is 0.837 bits per heavy atom. The molecule has 27 nitrogen and oxygen atoms in total. The van der Waals surface area contributed by atoms with E-state index >= 15 is 0 Å². The Bertz CT molecular complexity index is 3800. The number of nitrogens with zero attached hydrogens (tertiary/aromatic N) is 18. The van der Waals surface area contributed by atoms with E-state index in [0.29, 0.717) is 76.4 Å². The SMILES string of the molecule is C.COC(=O)c1ccc(CBr)cc1F.COC(=O)c1ccc(CN(c2nc(C)ns2)c2nc(C)ns2)cc1F.Cc1nsc(Cl)n1.Cc1nsc(N(Cc2ccc(C(=O)NO)c(F)c2)c2nc(C)ns2)n1.Cc1nsc(N)n1.Cc1nsc(Nc2nc(C)ns2)n1.[B]. The van der Waals surface area contributed by atoms with Crippen molar-refractivity contribution in [1.29, 1.82) is 0 Å². The number of benzene rings is 3. The molecule has 11 aromatic rings. The number of halogens is 5. The molecular formula is C51H54BBrClF3N21O6S8. The molecule has 41 heteroatoms. The van der Waals surface area contributed by atoms with Gasteiger partial charge in [-0.15, -0.1) is 0 Å². The molecule has 485 valence electrons. The van der Waals surface area contributed by atoms with Gasteiger partial charge in [0.2, 0.25) is 35.3 Å². The van der Waals surface area contributed by atoms with Gasteiger partial charge in [0.1, 0.15) is 64.0 Å². The highest BCUT2D eigenvalue weighted by Gasteiger charge is 2.22. The summed E-state index contributed by atoms with van der Waals surface area (Å²) in [6.45, 7) is 15.1. The first-order valence-corrected chi connectivity index (χ1v) is 32.8. The standard InChI is InChI=1S/C15H14FN5O2S2.C14H13FN6O2S2.C9H8BrFO2.C6H7N5S2.C3H3ClN2S.C3H5N3S.CH4.B/c1-8-17-14(24-19-8)21(15-18-9(2)20-25-15)7-10-4-5-11(12(16)6-10)13(22)23-3;1-7-16-13(24-19-7)21(14-17-8(2)20-25-14)6-9-3-4-10(11(15)5-9)12(22)18-23;1-13-9(12)7-3-2-6(5-10)4-8(7)11;1-3-7-5(12-10-3)9-6-8-4(2)11-13-6;2*1-2-5-3(4)7-6-2;;/h4-6H,7H2,1-3H3;3-5,23H,6H2,1-2H3,(H,18,22);2-4H,5H2,1H3;1-2H3,(H,7,8,9,10,11);1H3;1H3,(H2,4,5,6);1H4;. The molecule has 0 aliphatic rings. The molecule has 5 N–H and O–H groups in total. The second kappa shape index (κ2) is 37.7. The van der Waals surface area contributed by atoms with Gasteiger partial charge >= 0.3 is 11.9 Å². The van der Waals surface area contributed by atoms with Crippen LogP contribution in [0.2, 0.25) is 4.47 Å². The first-order chi connectivity index (χ1) is 42.9. The minimum atomic E-state index is -0.902. The molecule has 3 radical (unpaired) electrons. The number of carbonyl (C=O) groups is 3. The Kier molecular flexibility index (Phi) is 31.5. The highest BCUT2D eigenvalue weighted by atomic mass is 79.9. The lowest BCUT2D eigenvalue weighted by Crippen LogP contribution is -2.21. The Balaban J connectivity index is 0.000000249. The van der Waals surface area contributed by atoms with Crippen molar-refractivity contribution in [2.24, 2.45) is 0 Å². The predicted octanol–water partition coefficient (Wildman–Crippen LogP) is 12.3. The van der Waals surface area contributed by atoms with E-state index < -0.39 is 35.3 Å². The summed E-state index contributed by atoms with van der Waals surface area (Å²) in [5.41, 5.74) is 8.31. The molecule has 3 aromatic carbocycles. The van der Waals surface area contributed by atoms with Crippen molar-refractivity contribution in [3.05, 3.63) is 156 Å². The molecule has 0 aliphatic carbocycles. The number of carbonyl (C=O) groups excluding carboxylic acids is 3. The Labute approximate surface area is 572 Å².